The third-order valence-corrected chi connectivity index (χ3v) is 2.67. The van der Waals surface area contributed by atoms with Gasteiger partial charge in [0.05, 0.1) is 5.56 Å². The topological polar surface area (TPSA) is 36.7 Å². The Morgan fingerprint density at radius 1 is 1.19 bits per heavy atom. The molecule has 1 aromatic carbocycles. The first kappa shape index (κ1) is 10.9. The van der Waals surface area contributed by atoms with E-state index < -0.39 is 0 Å². The fraction of sp³-hybridized carbons (Fsp3) is 0. The molecule has 78 valence electrons. The second kappa shape index (κ2) is 4.52. The third-order valence-electron chi connectivity index (χ3n) is 2.15. The molecular weight excluding hydrogens is 243 g/mol. The third kappa shape index (κ3) is 2.01. The van der Waals surface area contributed by atoms with Crippen LogP contribution in [0.25, 0.3) is 11.1 Å². The maximum absolute atomic E-state index is 9.02. The highest BCUT2D eigenvalue weighted by molar-refractivity contribution is 6.31. The molecule has 16 heavy (non-hydrogen) atoms. The quantitative estimate of drug-likeness (QED) is 0.718. The summed E-state index contributed by atoms with van der Waals surface area (Å²) in [5.74, 6) is 0. The molecule has 0 bridgehead atoms. The largest absolute Gasteiger partial charge is 0.243 e. The average molecular weight is 249 g/mol. The predicted molar refractivity (Wildman–Crippen MR) is 64.4 cm³/mol. The summed E-state index contributed by atoms with van der Waals surface area (Å²) < 4.78 is 0. The minimum Gasteiger partial charge on any atom is -0.243 e. The van der Waals surface area contributed by atoms with Crippen LogP contribution >= 0.6 is 23.2 Å². The zero-order chi connectivity index (χ0) is 11.5. The van der Waals surface area contributed by atoms with Gasteiger partial charge in [0.2, 0.25) is 0 Å². The SMILES string of the molecule is N#Cc1c(-c2cccc(Cl)c2)ccnc1Cl. The molecule has 1 aromatic heterocycles. The Labute approximate surface area is 103 Å². The number of rotatable bonds is 1. The van der Waals surface area contributed by atoms with Crippen molar-refractivity contribution in [3.8, 4) is 17.2 Å². The van der Waals surface area contributed by atoms with Gasteiger partial charge >= 0.3 is 0 Å². The van der Waals surface area contributed by atoms with Gasteiger partial charge in [0.25, 0.3) is 0 Å². The Morgan fingerprint density at radius 3 is 2.69 bits per heavy atom. The van der Waals surface area contributed by atoms with Gasteiger partial charge in [-0.15, -0.1) is 0 Å². The Bertz CT molecular complexity index is 573. The molecule has 2 nitrogen and oxygen atoms in total. The van der Waals surface area contributed by atoms with Gasteiger partial charge < -0.3 is 0 Å². The minimum atomic E-state index is 0.208. The summed E-state index contributed by atoms with van der Waals surface area (Å²) in [7, 11) is 0. The zero-order valence-electron chi connectivity index (χ0n) is 8.11. The highest BCUT2D eigenvalue weighted by Crippen LogP contribution is 2.28. The molecule has 0 aliphatic heterocycles. The second-order valence-electron chi connectivity index (χ2n) is 3.15. The summed E-state index contributed by atoms with van der Waals surface area (Å²) in [5.41, 5.74) is 1.96. The Balaban J connectivity index is 2.66. The predicted octanol–water partition coefficient (Wildman–Crippen LogP) is 3.93. The van der Waals surface area contributed by atoms with E-state index in [4.69, 9.17) is 28.5 Å². The van der Waals surface area contributed by atoms with E-state index in [1.807, 2.05) is 18.2 Å². The van der Waals surface area contributed by atoms with E-state index >= 15 is 0 Å². The Morgan fingerprint density at radius 2 is 2.00 bits per heavy atom. The van der Waals surface area contributed by atoms with Gasteiger partial charge in [-0.25, -0.2) is 4.98 Å². The van der Waals surface area contributed by atoms with Gasteiger partial charge in [-0.3, -0.25) is 0 Å². The van der Waals surface area contributed by atoms with E-state index in [0.29, 0.717) is 10.6 Å². The van der Waals surface area contributed by atoms with Crippen molar-refractivity contribution in [3.05, 3.63) is 52.3 Å². The molecule has 0 fully saturated rings. The second-order valence-corrected chi connectivity index (χ2v) is 3.94. The zero-order valence-corrected chi connectivity index (χ0v) is 9.63. The fourth-order valence-corrected chi connectivity index (χ4v) is 1.83. The van der Waals surface area contributed by atoms with E-state index in [9.17, 15) is 0 Å². The van der Waals surface area contributed by atoms with Crippen molar-refractivity contribution < 1.29 is 0 Å². The minimum absolute atomic E-state index is 0.208. The van der Waals surface area contributed by atoms with Crippen LogP contribution in [0.15, 0.2) is 36.5 Å². The van der Waals surface area contributed by atoms with Gasteiger partial charge in [0.15, 0.2) is 0 Å². The number of nitrogens with zero attached hydrogens (tertiary/aromatic N) is 2. The maximum atomic E-state index is 9.02. The molecule has 0 saturated heterocycles. The lowest BCUT2D eigenvalue weighted by molar-refractivity contribution is 1.30. The number of nitriles is 1. The molecule has 0 spiro atoms. The van der Waals surface area contributed by atoms with Crippen LogP contribution in [0.5, 0.6) is 0 Å². The van der Waals surface area contributed by atoms with Gasteiger partial charge in [-0.1, -0.05) is 35.3 Å². The Hall–Kier alpha value is -1.56. The van der Waals surface area contributed by atoms with Gasteiger partial charge in [-0.05, 0) is 23.8 Å². The van der Waals surface area contributed by atoms with Crippen molar-refractivity contribution in [1.82, 2.24) is 4.98 Å². The number of benzene rings is 1. The van der Waals surface area contributed by atoms with Crippen molar-refractivity contribution >= 4 is 23.2 Å². The molecule has 0 saturated carbocycles. The molecule has 0 radical (unpaired) electrons. The van der Waals surface area contributed by atoms with Crippen LogP contribution in [0.3, 0.4) is 0 Å². The van der Waals surface area contributed by atoms with Crippen molar-refractivity contribution in [2.24, 2.45) is 0 Å². The van der Waals surface area contributed by atoms with Crippen LogP contribution in [-0.2, 0) is 0 Å². The maximum Gasteiger partial charge on any atom is 0.147 e. The molecule has 0 N–H and O–H groups in total. The molecule has 2 aromatic rings. The van der Waals surface area contributed by atoms with Gasteiger partial charge in [0, 0.05) is 16.8 Å². The van der Waals surface area contributed by atoms with Crippen molar-refractivity contribution in [3.63, 3.8) is 0 Å². The first-order valence-electron chi connectivity index (χ1n) is 4.53. The molecule has 2 rings (SSSR count). The normalized spacial score (nSPS) is 9.81. The van der Waals surface area contributed by atoms with Crippen LogP contribution in [-0.4, -0.2) is 4.98 Å². The van der Waals surface area contributed by atoms with Gasteiger partial charge in [0.1, 0.15) is 11.2 Å². The number of pyridine rings is 1. The molecular formula is C12H6Cl2N2. The van der Waals surface area contributed by atoms with Crippen LogP contribution in [0.2, 0.25) is 10.2 Å². The lowest BCUT2D eigenvalue weighted by Crippen LogP contribution is -1.88. The summed E-state index contributed by atoms with van der Waals surface area (Å²) in [4.78, 5) is 3.87. The van der Waals surface area contributed by atoms with E-state index in [-0.39, 0.29) is 5.15 Å². The van der Waals surface area contributed by atoms with Crippen molar-refractivity contribution in [1.29, 1.82) is 5.26 Å². The first-order valence-corrected chi connectivity index (χ1v) is 5.28. The highest BCUT2D eigenvalue weighted by atomic mass is 35.5. The monoisotopic (exact) mass is 248 g/mol. The highest BCUT2D eigenvalue weighted by Gasteiger charge is 2.09. The number of aromatic nitrogens is 1. The molecule has 0 unspecified atom stereocenters. The van der Waals surface area contributed by atoms with E-state index in [1.54, 1.807) is 24.4 Å². The fourth-order valence-electron chi connectivity index (χ4n) is 1.44. The molecule has 4 heteroatoms. The van der Waals surface area contributed by atoms with Crippen LogP contribution in [0.1, 0.15) is 5.56 Å². The summed E-state index contributed by atoms with van der Waals surface area (Å²) in [6, 6.07) is 11.1. The van der Waals surface area contributed by atoms with Crippen molar-refractivity contribution in [2.75, 3.05) is 0 Å². The Kier molecular flexibility index (Phi) is 3.09. The van der Waals surface area contributed by atoms with Crippen LogP contribution in [0, 0.1) is 11.3 Å². The summed E-state index contributed by atoms with van der Waals surface area (Å²) >= 11 is 11.8. The molecule has 1 heterocycles. The average Bonchev–Trinajstić information content (AvgIpc) is 2.28. The number of hydrogen-bond donors (Lipinski definition) is 0. The molecule has 0 amide bonds. The number of hydrogen-bond acceptors (Lipinski definition) is 2. The lowest BCUT2D eigenvalue weighted by Gasteiger charge is -2.05. The van der Waals surface area contributed by atoms with Crippen LogP contribution < -0.4 is 0 Å². The standard InChI is InChI=1S/C12H6Cl2N2/c13-9-3-1-2-8(6-9)10-4-5-16-12(14)11(10)7-15/h1-6H. The smallest absolute Gasteiger partial charge is 0.147 e. The number of halogens is 2. The summed E-state index contributed by atoms with van der Waals surface area (Å²) in [6.45, 7) is 0. The molecule has 0 aliphatic carbocycles. The first-order chi connectivity index (χ1) is 7.72. The molecule has 0 aliphatic rings. The van der Waals surface area contributed by atoms with Gasteiger partial charge in [-0.2, -0.15) is 5.26 Å². The van der Waals surface area contributed by atoms with Crippen LogP contribution in [0.4, 0.5) is 0 Å². The lowest BCUT2D eigenvalue weighted by atomic mass is 10.0. The molecule has 0 atom stereocenters. The van der Waals surface area contributed by atoms with Crippen molar-refractivity contribution in [2.45, 2.75) is 0 Å². The van der Waals surface area contributed by atoms with E-state index in [2.05, 4.69) is 4.98 Å². The summed E-state index contributed by atoms with van der Waals surface area (Å²) in [6.07, 6.45) is 1.57. The van der Waals surface area contributed by atoms with E-state index in [0.717, 1.165) is 11.1 Å². The van der Waals surface area contributed by atoms with E-state index in [1.165, 1.54) is 0 Å². The summed E-state index contributed by atoms with van der Waals surface area (Å²) in [5, 5.41) is 9.85.